The van der Waals surface area contributed by atoms with Gasteiger partial charge in [0.15, 0.2) is 5.78 Å². The molecule has 29 heavy (non-hydrogen) atoms. The lowest BCUT2D eigenvalue weighted by molar-refractivity contribution is -0.274. The molecule has 1 aliphatic heterocycles. The summed E-state index contributed by atoms with van der Waals surface area (Å²) < 4.78 is 51.0. The first-order valence-corrected chi connectivity index (χ1v) is 9.05. The third-order valence-electron chi connectivity index (χ3n) is 4.07. The van der Waals surface area contributed by atoms with Gasteiger partial charge in [-0.3, -0.25) is 4.79 Å². The molecule has 1 heterocycles. The zero-order valence-electron chi connectivity index (χ0n) is 15.0. The fourth-order valence-corrected chi connectivity index (χ4v) is 3.49. The van der Waals surface area contributed by atoms with Crippen LogP contribution in [0.15, 0.2) is 46.3 Å². The molecule has 0 bridgehead atoms. The number of anilines is 1. The maximum atomic E-state index is 12.6. The molecule has 2 atom stereocenters. The largest absolute Gasteiger partial charge is 0.573 e. The maximum absolute atomic E-state index is 12.6. The van der Waals surface area contributed by atoms with Gasteiger partial charge < -0.3 is 24.6 Å². The first-order valence-electron chi connectivity index (χ1n) is 8.26. The Hall–Kier alpha value is -2.69. The second-order valence-electron chi connectivity index (χ2n) is 6.71. The molecule has 1 aliphatic carbocycles. The number of aliphatic hydroxyl groups is 1. The topological polar surface area (TPSA) is 94.1 Å². The number of allylic oxidation sites excluding steroid dienone is 1. The van der Waals surface area contributed by atoms with Gasteiger partial charge in [-0.1, -0.05) is 0 Å². The van der Waals surface area contributed by atoms with E-state index in [0.29, 0.717) is 5.69 Å². The Morgan fingerprint density at radius 1 is 1.17 bits per heavy atom. The van der Waals surface area contributed by atoms with Crippen LogP contribution >= 0.6 is 15.9 Å². The molecule has 1 aromatic rings. The average Bonchev–Trinajstić information content (AvgIpc) is 2.81. The number of benzene rings is 1. The van der Waals surface area contributed by atoms with E-state index in [-0.39, 0.29) is 10.1 Å². The summed E-state index contributed by atoms with van der Waals surface area (Å²) in [6.45, 7) is 2.84. The summed E-state index contributed by atoms with van der Waals surface area (Å²) in [5.41, 5.74) is 0.000777. The predicted octanol–water partition coefficient (Wildman–Crippen LogP) is 3.92. The van der Waals surface area contributed by atoms with Crippen LogP contribution in [0.4, 0.5) is 18.9 Å². The van der Waals surface area contributed by atoms with Crippen LogP contribution in [0.3, 0.4) is 0 Å². The molecule has 0 fully saturated rings. The first-order chi connectivity index (χ1) is 13.4. The highest BCUT2D eigenvalue weighted by Gasteiger charge is 2.47. The molecule has 0 aromatic heterocycles. The van der Waals surface area contributed by atoms with Crippen LogP contribution in [-0.2, 0) is 19.1 Å². The molecule has 0 amide bonds. The van der Waals surface area contributed by atoms with E-state index in [9.17, 15) is 27.9 Å². The molecule has 7 nitrogen and oxygen atoms in total. The molecule has 156 valence electrons. The summed E-state index contributed by atoms with van der Waals surface area (Å²) >= 11 is 3.10. The molecule has 0 saturated heterocycles. The van der Waals surface area contributed by atoms with Crippen molar-refractivity contribution in [1.29, 1.82) is 0 Å². The Morgan fingerprint density at radius 2 is 1.79 bits per heavy atom. The minimum atomic E-state index is -4.81. The van der Waals surface area contributed by atoms with E-state index in [1.165, 1.54) is 32.1 Å². The van der Waals surface area contributed by atoms with Gasteiger partial charge in [0.2, 0.25) is 0 Å². The van der Waals surface area contributed by atoms with Crippen molar-refractivity contribution in [3.8, 4) is 5.75 Å². The average molecular weight is 478 g/mol. The van der Waals surface area contributed by atoms with E-state index in [1.807, 2.05) is 0 Å². The van der Waals surface area contributed by atoms with Crippen LogP contribution in [0.1, 0.15) is 13.8 Å². The number of aliphatic hydroxyl groups excluding tert-OH is 1. The Morgan fingerprint density at radius 3 is 2.34 bits per heavy atom. The molecule has 0 saturated carbocycles. The Balaban J connectivity index is 1.85. The minimum absolute atomic E-state index is 0.162. The third-order valence-corrected chi connectivity index (χ3v) is 4.72. The van der Waals surface area contributed by atoms with Crippen LogP contribution in [0.5, 0.6) is 5.75 Å². The van der Waals surface area contributed by atoms with Gasteiger partial charge in [0.1, 0.15) is 11.3 Å². The maximum Gasteiger partial charge on any atom is 0.573 e. The number of carbonyl (C=O) groups excluding carboxylic acids is 2. The van der Waals surface area contributed by atoms with E-state index in [4.69, 9.17) is 9.47 Å². The second-order valence-corrected chi connectivity index (χ2v) is 7.56. The van der Waals surface area contributed by atoms with Gasteiger partial charge >= 0.3 is 12.3 Å². The van der Waals surface area contributed by atoms with Gasteiger partial charge in [-0.2, -0.15) is 0 Å². The van der Waals surface area contributed by atoms with Crippen molar-refractivity contribution in [2.75, 3.05) is 5.32 Å². The molecule has 0 spiro atoms. The lowest BCUT2D eigenvalue weighted by Crippen LogP contribution is -2.42. The number of carbonyl (C=O) groups is 2. The number of hydrogen-bond acceptors (Lipinski definition) is 7. The molecule has 11 heteroatoms. The first kappa shape index (κ1) is 21.0. The van der Waals surface area contributed by atoms with Crippen molar-refractivity contribution >= 4 is 33.4 Å². The number of Topliss-reactive ketones (excluding diaryl/α,β-unsaturated/α-hetero) is 1. The molecule has 0 radical (unpaired) electrons. The number of alkyl halides is 3. The van der Waals surface area contributed by atoms with Gasteiger partial charge in [-0.05, 0) is 46.3 Å². The lowest BCUT2D eigenvalue weighted by atomic mass is 9.91. The molecule has 2 aliphatic rings. The number of hydrogen-bond donors (Lipinski definition) is 2. The Bertz CT molecular complexity index is 907. The Labute approximate surface area is 171 Å². The van der Waals surface area contributed by atoms with Gasteiger partial charge in [0.05, 0.1) is 16.4 Å². The van der Waals surface area contributed by atoms with Crippen LogP contribution in [0.2, 0.25) is 0 Å². The summed E-state index contributed by atoms with van der Waals surface area (Å²) in [6.07, 6.45) is -3.34. The highest BCUT2D eigenvalue weighted by atomic mass is 79.9. The minimum Gasteiger partial charge on any atom is -0.480 e. The second kappa shape index (κ2) is 7.29. The van der Waals surface area contributed by atoms with E-state index in [1.54, 1.807) is 0 Å². The third kappa shape index (κ3) is 4.66. The van der Waals surface area contributed by atoms with Crippen molar-refractivity contribution in [2.24, 2.45) is 5.92 Å². The van der Waals surface area contributed by atoms with Crippen molar-refractivity contribution < 1.29 is 42.1 Å². The highest BCUT2D eigenvalue weighted by Crippen LogP contribution is 2.38. The SMILES string of the molecule is CC1(C)OC(=O)C([C@H]2C(=O)C(Br)=C[C@H]2Nc2ccc(OC(F)(F)F)cc2)=C(O)O1. The standard InChI is InChI=1S/C18H15BrF3NO6/c1-17(2)28-15(25)13(16(26)29-17)12-11(7-10(19)14(12)24)23-8-3-5-9(6-4-8)27-18(20,21)22/h3-7,11-12,23,25H,1-2H3/t11-,12+/m1/s1. The monoisotopic (exact) mass is 477 g/mol. The van der Waals surface area contributed by atoms with Gasteiger partial charge in [0.25, 0.3) is 11.7 Å². The highest BCUT2D eigenvalue weighted by molar-refractivity contribution is 9.12. The normalized spacial score (nSPS) is 24.0. The van der Waals surface area contributed by atoms with Crippen molar-refractivity contribution in [1.82, 2.24) is 0 Å². The smallest absolute Gasteiger partial charge is 0.480 e. The van der Waals surface area contributed by atoms with E-state index < -0.39 is 47.6 Å². The predicted molar refractivity (Wildman–Crippen MR) is 97.0 cm³/mol. The number of esters is 1. The number of ether oxygens (including phenoxy) is 3. The molecule has 1 aromatic carbocycles. The van der Waals surface area contributed by atoms with E-state index in [2.05, 4.69) is 26.0 Å². The van der Waals surface area contributed by atoms with Gasteiger partial charge in [-0.15, -0.1) is 13.2 Å². The number of rotatable bonds is 4. The fourth-order valence-electron chi connectivity index (χ4n) is 2.96. The zero-order chi connectivity index (χ0) is 21.6. The number of cyclic esters (lactones) is 1. The molecule has 2 N–H and O–H groups in total. The van der Waals surface area contributed by atoms with Crippen LogP contribution in [0, 0.1) is 5.92 Å². The van der Waals surface area contributed by atoms with E-state index >= 15 is 0 Å². The van der Waals surface area contributed by atoms with Gasteiger partial charge in [-0.25, -0.2) is 4.79 Å². The fraction of sp³-hybridized carbons (Fsp3) is 0.333. The van der Waals surface area contributed by atoms with Crippen LogP contribution in [0.25, 0.3) is 0 Å². The quantitative estimate of drug-likeness (QED) is 0.634. The molecular weight excluding hydrogens is 463 g/mol. The van der Waals surface area contributed by atoms with Crippen molar-refractivity contribution in [2.45, 2.75) is 32.0 Å². The number of nitrogens with one attached hydrogen (secondary N) is 1. The molecular formula is C18H15BrF3NO6. The van der Waals surface area contributed by atoms with Crippen molar-refractivity contribution in [3.05, 3.63) is 46.3 Å². The number of ketones is 1. The van der Waals surface area contributed by atoms with E-state index in [0.717, 1.165) is 12.1 Å². The van der Waals surface area contributed by atoms with Crippen molar-refractivity contribution in [3.63, 3.8) is 0 Å². The Kier molecular flexibility index (Phi) is 5.28. The summed E-state index contributed by atoms with van der Waals surface area (Å²) in [6, 6.07) is 4.02. The lowest BCUT2D eigenvalue weighted by Gasteiger charge is -2.33. The zero-order valence-corrected chi connectivity index (χ0v) is 16.6. The summed E-state index contributed by atoms with van der Waals surface area (Å²) in [7, 11) is 0. The van der Waals surface area contributed by atoms with Gasteiger partial charge in [0, 0.05) is 19.5 Å². The summed E-state index contributed by atoms with van der Waals surface area (Å²) in [4.78, 5) is 24.9. The molecule has 0 unspecified atom stereocenters. The molecule has 3 rings (SSSR count). The van der Waals surface area contributed by atoms with Crippen LogP contribution < -0.4 is 10.1 Å². The van der Waals surface area contributed by atoms with Crippen LogP contribution in [-0.4, -0.2) is 35.1 Å². The summed E-state index contributed by atoms with van der Waals surface area (Å²) in [5.74, 6) is -5.10. The number of halogens is 4. The summed E-state index contributed by atoms with van der Waals surface area (Å²) in [5, 5.41) is 13.1.